The summed E-state index contributed by atoms with van der Waals surface area (Å²) in [5.74, 6) is 1.83. The minimum Gasteiger partial charge on any atom is -0.495 e. The van der Waals surface area contributed by atoms with Gasteiger partial charge in [0.1, 0.15) is 11.4 Å². The number of anilines is 1. The summed E-state index contributed by atoms with van der Waals surface area (Å²) in [6, 6.07) is 12.9. The van der Waals surface area contributed by atoms with E-state index in [0.717, 1.165) is 45.4 Å². The number of carbonyl (C=O) groups is 1. The van der Waals surface area contributed by atoms with Crippen molar-refractivity contribution in [3.05, 3.63) is 53.7 Å². The Morgan fingerprint density at radius 2 is 1.92 bits per heavy atom. The van der Waals surface area contributed by atoms with Crippen LogP contribution >= 0.6 is 0 Å². The fraction of sp³-hybridized carbons (Fsp3) is 0.481. The van der Waals surface area contributed by atoms with E-state index in [0.29, 0.717) is 42.3 Å². The average Bonchev–Trinajstić information content (AvgIpc) is 3.59. The summed E-state index contributed by atoms with van der Waals surface area (Å²) in [5.41, 5.74) is 3.27. The summed E-state index contributed by atoms with van der Waals surface area (Å²) in [6.45, 7) is 7.40. The molecule has 1 aromatic carbocycles. The van der Waals surface area contributed by atoms with Crippen LogP contribution in [0.4, 0.5) is 6.01 Å². The molecule has 5 rings (SSSR count). The van der Waals surface area contributed by atoms with Gasteiger partial charge in [-0.05, 0) is 56.3 Å². The second-order valence-electron chi connectivity index (χ2n) is 9.87. The van der Waals surface area contributed by atoms with E-state index in [9.17, 15) is 4.79 Å². The number of rotatable bonds is 8. The van der Waals surface area contributed by atoms with Crippen molar-refractivity contribution < 1.29 is 14.1 Å². The molecule has 1 atom stereocenters. The van der Waals surface area contributed by atoms with Crippen molar-refractivity contribution in [3.8, 4) is 17.3 Å². The molecule has 190 valence electrons. The molecule has 1 amide bonds. The fourth-order valence-electron chi connectivity index (χ4n) is 4.98. The first kappa shape index (κ1) is 24.2. The van der Waals surface area contributed by atoms with Gasteiger partial charge in [0.25, 0.3) is 0 Å². The molecular weight excluding hydrogens is 456 g/mol. The first-order valence-electron chi connectivity index (χ1n) is 12.7. The number of nitrogens with one attached hydrogen (secondary N) is 1. The minimum absolute atomic E-state index is 0.0250. The van der Waals surface area contributed by atoms with Gasteiger partial charge >= 0.3 is 6.01 Å². The van der Waals surface area contributed by atoms with Gasteiger partial charge in [-0.3, -0.25) is 9.69 Å². The molecule has 2 aromatic heterocycles. The Balaban J connectivity index is 1.04. The van der Waals surface area contributed by atoms with Gasteiger partial charge in [0.05, 0.1) is 13.3 Å². The van der Waals surface area contributed by atoms with Gasteiger partial charge in [0, 0.05) is 38.6 Å². The summed E-state index contributed by atoms with van der Waals surface area (Å²) in [6.07, 6.45) is 4.30. The summed E-state index contributed by atoms with van der Waals surface area (Å²) < 4.78 is 10.6. The van der Waals surface area contributed by atoms with E-state index in [1.807, 2.05) is 11.0 Å². The van der Waals surface area contributed by atoms with E-state index >= 15 is 0 Å². The van der Waals surface area contributed by atoms with Crippen LogP contribution in [0.15, 0.2) is 47.1 Å². The number of piperidine rings is 1. The third kappa shape index (κ3) is 5.84. The molecule has 2 aliphatic rings. The average molecular weight is 491 g/mol. The van der Waals surface area contributed by atoms with E-state index < -0.39 is 0 Å². The quantitative estimate of drug-likeness (QED) is 0.514. The number of benzene rings is 1. The number of nitrogens with zero attached hydrogens (tertiary/aromatic N) is 5. The van der Waals surface area contributed by atoms with Gasteiger partial charge in [0.2, 0.25) is 11.7 Å². The lowest BCUT2D eigenvalue weighted by Gasteiger charge is -2.30. The van der Waals surface area contributed by atoms with E-state index in [-0.39, 0.29) is 11.8 Å². The zero-order valence-electron chi connectivity index (χ0n) is 21.0. The molecule has 3 aromatic rings. The van der Waals surface area contributed by atoms with Crippen LogP contribution in [-0.2, 0) is 11.3 Å². The van der Waals surface area contributed by atoms with E-state index in [1.165, 1.54) is 11.1 Å². The van der Waals surface area contributed by atoms with Crippen molar-refractivity contribution >= 4 is 11.9 Å². The highest BCUT2D eigenvalue weighted by molar-refractivity contribution is 5.79. The predicted molar refractivity (Wildman–Crippen MR) is 137 cm³/mol. The molecule has 1 N–H and O–H groups in total. The number of methoxy groups -OCH3 is 1. The van der Waals surface area contributed by atoms with Gasteiger partial charge in [0.15, 0.2) is 0 Å². The number of pyridine rings is 1. The lowest BCUT2D eigenvalue weighted by Crippen LogP contribution is -2.42. The normalized spacial score (nSPS) is 18.9. The van der Waals surface area contributed by atoms with Gasteiger partial charge in [-0.2, -0.15) is 4.98 Å². The lowest BCUT2D eigenvalue weighted by molar-refractivity contribution is -0.125. The van der Waals surface area contributed by atoms with Crippen molar-refractivity contribution in [1.29, 1.82) is 0 Å². The number of carbonyl (C=O) groups excluding carboxylic acids is 1. The maximum Gasteiger partial charge on any atom is 0.324 e. The van der Waals surface area contributed by atoms with Gasteiger partial charge in [-0.1, -0.05) is 35.0 Å². The number of amides is 1. The van der Waals surface area contributed by atoms with Crippen LogP contribution in [0.25, 0.3) is 11.5 Å². The second kappa shape index (κ2) is 11.1. The standard InChI is InChI=1S/C27H34N6O3/c1-19-3-5-20(6-4-19)17-32-12-9-21(18-32)15-29-26(34)22-10-13-33(14-11-22)27-30-25(31-36-27)24-8-7-23(35-2)16-28-24/h3-8,16,21-22H,9-15,17-18H2,1-2H3,(H,29,34). The van der Waals surface area contributed by atoms with Crippen LogP contribution in [0.3, 0.4) is 0 Å². The molecule has 36 heavy (non-hydrogen) atoms. The number of likely N-dealkylation sites (tertiary alicyclic amines) is 1. The third-order valence-corrected chi connectivity index (χ3v) is 7.21. The highest BCUT2D eigenvalue weighted by atomic mass is 16.5. The molecule has 4 heterocycles. The Kier molecular flexibility index (Phi) is 7.46. The van der Waals surface area contributed by atoms with Crippen molar-refractivity contribution in [2.75, 3.05) is 44.7 Å². The minimum atomic E-state index is 0.0250. The Morgan fingerprint density at radius 3 is 2.64 bits per heavy atom. The largest absolute Gasteiger partial charge is 0.495 e. The molecule has 2 aliphatic heterocycles. The molecule has 2 saturated heterocycles. The van der Waals surface area contributed by atoms with Crippen LogP contribution in [0.5, 0.6) is 5.75 Å². The first-order valence-corrected chi connectivity index (χ1v) is 12.7. The fourth-order valence-corrected chi connectivity index (χ4v) is 4.98. The number of aryl methyl sites for hydroxylation is 1. The van der Waals surface area contributed by atoms with Gasteiger partial charge in [-0.15, -0.1) is 0 Å². The lowest BCUT2D eigenvalue weighted by atomic mass is 9.96. The second-order valence-corrected chi connectivity index (χ2v) is 9.87. The zero-order valence-corrected chi connectivity index (χ0v) is 21.0. The van der Waals surface area contributed by atoms with Gasteiger partial charge in [-0.25, -0.2) is 4.98 Å². The molecule has 0 aliphatic carbocycles. The molecular formula is C27H34N6O3. The Morgan fingerprint density at radius 1 is 1.11 bits per heavy atom. The summed E-state index contributed by atoms with van der Waals surface area (Å²) >= 11 is 0. The molecule has 0 bridgehead atoms. The highest BCUT2D eigenvalue weighted by Crippen LogP contribution is 2.25. The Bertz CT molecular complexity index is 1140. The van der Waals surface area contributed by atoms with E-state index in [1.54, 1.807) is 19.4 Å². The maximum atomic E-state index is 12.8. The zero-order chi connectivity index (χ0) is 24.9. The SMILES string of the molecule is COc1ccc(-c2noc(N3CCC(C(=O)NCC4CCN(Cc5ccc(C)cc5)C4)CC3)n2)nc1. The van der Waals surface area contributed by atoms with Gasteiger partial charge < -0.3 is 19.5 Å². The summed E-state index contributed by atoms with van der Waals surface area (Å²) in [4.78, 5) is 26.2. The maximum absolute atomic E-state index is 12.8. The summed E-state index contributed by atoms with van der Waals surface area (Å²) in [7, 11) is 1.60. The number of aromatic nitrogens is 3. The van der Waals surface area contributed by atoms with Crippen LogP contribution in [0.1, 0.15) is 30.4 Å². The van der Waals surface area contributed by atoms with Crippen LogP contribution in [0, 0.1) is 18.8 Å². The van der Waals surface area contributed by atoms with Crippen molar-refractivity contribution in [1.82, 2.24) is 25.3 Å². The van der Waals surface area contributed by atoms with Crippen LogP contribution in [-0.4, -0.2) is 65.8 Å². The number of hydrogen-bond acceptors (Lipinski definition) is 8. The van der Waals surface area contributed by atoms with Crippen molar-refractivity contribution in [2.45, 2.75) is 32.7 Å². The molecule has 0 spiro atoms. The molecule has 0 saturated carbocycles. The van der Waals surface area contributed by atoms with E-state index in [2.05, 4.69) is 56.5 Å². The van der Waals surface area contributed by atoms with Crippen LogP contribution in [0.2, 0.25) is 0 Å². The first-order chi connectivity index (χ1) is 17.6. The van der Waals surface area contributed by atoms with Crippen LogP contribution < -0.4 is 15.0 Å². The Labute approximate surface area is 211 Å². The van der Waals surface area contributed by atoms with E-state index in [4.69, 9.17) is 9.26 Å². The molecule has 2 fully saturated rings. The number of ether oxygens (including phenoxy) is 1. The molecule has 9 heteroatoms. The highest BCUT2D eigenvalue weighted by Gasteiger charge is 2.29. The summed E-state index contributed by atoms with van der Waals surface area (Å²) in [5, 5.41) is 7.29. The monoisotopic (exact) mass is 490 g/mol. The smallest absolute Gasteiger partial charge is 0.324 e. The topological polar surface area (TPSA) is 96.6 Å². The number of hydrogen-bond donors (Lipinski definition) is 1. The predicted octanol–water partition coefficient (Wildman–Crippen LogP) is 3.30. The Hall–Kier alpha value is -3.46. The third-order valence-electron chi connectivity index (χ3n) is 7.21. The molecule has 9 nitrogen and oxygen atoms in total. The van der Waals surface area contributed by atoms with Crippen molar-refractivity contribution in [3.63, 3.8) is 0 Å². The molecule has 0 radical (unpaired) electrons. The van der Waals surface area contributed by atoms with Crippen molar-refractivity contribution in [2.24, 2.45) is 11.8 Å². The molecule has 1 unspecified atom stereocenters.